The molecular weight excluding hydrogens is 155 g/mol. The van der Waals surface area contributed by atoms with E-state index in [9.17, 15) is 0 Å². The van der Waals surface area contributed by atoms with E-state index in [-0.39, 0.29) is 6.61 Å². The molecule has 64 valence electrons. The molecule has 0 unspecified atom stereocenters. The minimum Gasteiger partial charge on any atom is -0.423 e. The van der Waals surface area contributed by atoms with Crippen LogP contribution in [0.3, 0.4) is 0 Å². The standard InChI is InChI=1S/C8H11BO3/c1-6-2-3-8(9(11)12)7(4-6)5-10/h2-4,10-12H,5H2,1H3. The molecule has 0 amide bonds. The second-order valence-corrected chi connectivity index (χ2v) is 2.73. The van der Waals surface area contributed by atoms with Gasteiger partial charge in [-0.1, -0.05) is 23.8 Å². The van der Waals surface area contributed by atoms with E-state index >= 15 is 0 Å². The summed E-state index contributed by atoms with van der Waals surface area (Å²) in [6.45, 7) is 1.71. The lowest BCUT2D eigenvalue weighted by Gasteiger charge is -2.06. The highest BCUT2D eigenvalue weighted by Gasteiger charge is 2.14. The maximum absolute atomic E-state index is 8.87. The van der Waals surface area contributed by atoms with E-state index in [2.05, 4.69) is 0 Å². The van der Waals surface area contributed by atoms with Crippen LogP contribution in [0.4, 0.5) is 0 Å². The Morgan fingerprint density at radius 3 is 2.50 bits per heavy atom. The second-order valence-electron chi connectivity index (χ2n) is 2.73. The van der Waals surface area contributed by atoms with E-state index in [1.807, 2.05) is 6.92 Å². The molecule has 3 nitrogen and oxygen atoms in total. The second kappa shape index (κ2) is 3.71. The summed E-state index contributed by atoms with van der Waals surface area (Å²) < 4.78 is 0. The van der Waals surface area contributed by atoms with Crippen LogP contribution in [0.15, 0.2) is 18.2 Å². The number of aliphatic hydroxyl groups is 1. The summed E-state index contributed by atoms with van der Waals surface area (Å²) in [4.78, 5) is 0. The van der Waals surface area contributed by atoms with Gasteiger partial charge in [-0.25, -0.2) is 0 Å². The fourth-order valence-electron chi connectivity index (χ4n) is 1.12. The van der Waals surface area contributed by atoms with Gasteiger partial charge < -0.3 is 15.2 Å². The van der Waals surface area contributed by atoms with Crippen LogP contribution in [-0.4, -0.2) is 22.3 Å². The van der Waals surface area contributed by atoms with E-state index in [4.69, 9.17) is 15.2 Å². The number of hydrogen-bond donors (Lipinski definition) is 3. The van der Waals surface area contributed by atoms with Crippen LogP contribution in [0.5, 0.6) is 0 Å². The monoisotopic (exact) mass is 166 g/mol. The average Bonchev–Trinajstić information content (AvgIpc) is 2.03. The summed E-state index contributed by atoms with van der Waals surface area (Å²) in [6, 6.07) is 5.11. The molecule has 0 saturated heterocycles. The van der Waals surface area contributed by atoms with Crippen molar-refractivity contribution in [1.29, 1.82) is 0 Å². The summed E-state index contributed by atoms with van der Waals surface area (Å²) in [5.41, 5.74) is 1.91. The Morgan fingerprint density at radius 1 is 1.33 bits per heavy atom. The van der Waals surface area contributed by atoms with Gasteiger partial charge in [-0.3, -0.25) is 0 Å². The van der Waals surface area contributed by atoms with Crippen molar-refractivity contribution in [2.75, 3.05) is 0 Å². The Labute approximate surface area is 71.4 Å². The van der Waals surface area contributed by atoms with Crippen molar-refractivity contribution in [3.05, 3.63) is 29.3 Å². The molecule has 1 aromatic rings. The number of benzene rings is 1. The molecule has 0 radical (unpaired) electrons. The number of rotatable bonds is 2. The number of aryl methyl sites for hydroxylation is 1. The zero-order chi connectivity index (χ0) is 9.14. The van der Waals surface area contributed by atoms with E-state index in [1.54, 1.807) is 18.2 Å². The minimum atomic E-state index is -1.51. The Morgan fingerprint density at radius 2 is 2.00 bits per heavy atom. The van der Waals surface area contributed by atoms with Crippen LogP contribution in [0.1, 0.15) is 11.1 Å². The van der Waals surface area contributed by atoms with Gasteiger partial charge in [0.1, 0.15) is 0 Å². The lowest BCUT2D eigenvalue weighted by Crippen LogP contribution is -2.33. The molecule has 1 rings (SSSR count). The fourth-order valence-corrected chi connectivity index (χ4v) is 1.12. The Balaban J connectivity index is 3.11. The first-order valence-electron chi connectivity index (χ1n) is 3.71. The molecule has 1 aromatic carbocycles. The van der Waals surface area contributed by atoms with Crippen LogP contribution in [0.25, 0.3) is 0 Å². The molecular formula is C8H11BO3. The van der Waals surface area contributed by atoms with Gasteiger partial charge in [0, 0.05) is 0 Å². The lowest BCUT2D eigenvalue weighted by molar-refractivity contribution is 0.282. The predicted molar refractivity (Wildman–Crippen MR) is 46.9 cm³/mol. The number of hydrogen-bond acceptors (Lipinski definition) is 3. The smallest absolute Gasteiger partial charge is 0.423 e. The van der Waals surface area contributed by atoms with Crippen LogP contribution in [0.2, 0.25) is 0 Å². The Kier molecular flexibility index (Phi) is 2.86. The highest BCUT2D eigenvalue weighted by Crippen LogP contribution is 2.01. The average molecular weight is 166 g/mol. The van der Waals surface area contributed by atoms with E-state index in [1.165, 1.54) is 0 Å². The van der Waals surface area contributed by atoms with Crippen LogP contribution >= 0.6 is 0 Å². The first-order valence-corrected chi connectivity index (χ1v) is 3.71. The molecule has 0 aromatic heterocycles. The molecule has 4 heteroatoms. The molecule has 0 heterocycles. The third-order valence-electron chi connectivity index (χ3n) is 1.75. The molecule has 0 spiro atoms. The summed E-state index contributed by atoms with van der Waals surface area (Å²) in [5, 5.41) is 26.6. The molecule has 0 fully saturated rings. The van der Waals surface area contributed by atoms with Crippen molar-refractivity contribution < 1.29 is 15.2 Å². The molecule has 0 aliphatic carbocycles. The van der Waals surface area contributed by atoms with Gasteiger partial charge in [0.15, 0.2) is 0 Å². The van der Waals surface area contributed by atoms with Crippen LogP contribution in [-0.2, 0) is 6.61 Å². The third-order valence-corrected chi connectivity index (χ3v) is 1.75. The van der Waals surface area contributed by atoms with Gasteiger partial charge in [0.25, 0.3) is 0 Å². The lowest BCUT2D eigenvalue weighted by atomic mass is 9.77. The van der Waals surface area contributed by atoms with Gasteiger partial charge >= 0.3 is 7.12 Å². The van der Waals surface area contributed by atoms with Crippen molar-refractivity contribution in [2.24, 2.45) is 0 Å². The zero-order valence-corrected chi connectivity index (χ0v) is 6.86. The Hall–Kier alpha value is -0.835. The van der Waals surface area contributed by atoms with Gasteiger partial charge in [-0.2, -0.15) is 0 Å². The summed E-state index contributed by atoms with van der Waals surface area (Å²) in [7, 11) is -1.51. The van der Waals surface area contributed by atoms with Crippen molar-refractivity contribution in [1.82, 2.24) is 0 Å². The van der Waals surface area contributed by atoms with E-state index in [0.29, 0.717) is 11.0 Å². The summed E-state index contributed by atoms with van der Waals surface area (Å²) in [5.74, 6) is 0. The highest BCUT2D eigenvalue weighted by molar-refractivity contribution is 6.59. The van der Waals surface area contributed by atoms with Gasteiger partial charge in [0.2, 0.25) is 0 Å². The maximum atomic E-state index is 8.87. The van der Waals surface area contributed by atoms with Crippen molar-refractivity contribution in [3.63, 3.8) is 0 Å². The van der Waals surface area contributed by atoms with Crippen molar-refractivity contribution in [2.45, 2.75) is 13.5 Å². The molecule has 3 N–H and O–H groups in total. The van der Waals surface area contributed by atoms with Crippen molar-refractivity contribution >= 4 is 12.6 Å². The molecule has 0 bridgehead atoms. The van der Waals surface area contributed by atoms with Gasteiger partial charge in [-0.05, 0) is 17.9 Å². The van der Waals surface area contributed by atoms with Crippen LogP contribution < -0.4 is 5.46 Å². The van der Waals surface area contributed by atoms with Crippen molar-refractivity contribution in [3.8, 4) is 0 Å². The quantitative estimate of drug-likeness (QED) is 0.502. The molecule has 0 atom stereocenters. The fraction of sp³-hybridized carbons (Fsp3) is 0.250. The first kappa shape index (κ1) is 9.25. The van der Waals surface area contributed by atoms with E-state index < -0.39 is 7.12 Å². The largest absolute Gasteiger partial charge is 0.488 e. The molecule has 12 heavy (non-hydrogen) atoms. The SMILES string of the molecule is Cc1ccc(B(O)O)c(CO)c1. The Bertz CT molecular complexity index is 273. The van der Waals surface area contributed by atoms with Gasteiger partial charge in [-0.15, -0.1) is 0 Å². The summed E-state index contributed by atoms with van der Waals surface area (Å²) in [6.07, 6.45) is 0. The molecule has 0 aliphatic rings. The topological polar surface area (TPSA) is 60.7 Å². The van der Waals surface area contributed by atoms with Gasteiger partial charge in [0.05, 0.1) is 6.61 Å². The number of aliphatic hydroxyl groups excluding tert-OH is 1. The van der Waals surface area contributed by atoms with E-state index in [0.717, 1.165) is 5.56 Å². The highest BCUT2D eigenvalue weighted by atomic mass is 16.4. The van der Waals surface area contributed by atoms with Crippen LogP contribution in [0, 0.1) is 6.92 Å². The maximum Gasteiger partial charge on any atom is 0.488 e. The third kappa shape index (κ3) is 1.85. The minimum absolute atomic E-state index is 0.172. The predicted octanol–water partition coefficient (Wildman–Crippen LogP) is -0.833. The summed E-state index contributed by atoms with van der Waals surface area (Å²) >= 11 is 0. The molecule has 0 saturated carbocycles. The normalized spacial score (nSPS) is 10.0. The molecule has 0 aliphatic heterocycles. The zero-order valence-electron chi connectivity index (χ0n) is 6.86. The first-order chi connectivity index (χ1) is 5.65.